The normalized spacial score (nSPS) is 11.1. The number of para-hydroxylation sites is 1. The van der Waals surface area contributed by atoms with Gasteiger partial charge in [-0.05, 0) is 30.3 Å². The Labute approximate surface area is 170 Å². The number of carbonyl (C=O) groups is 1. The van der Waals surface area contributed by atoms with Crippen molar-refractivity contribution < 1.29 is 17.9 Å². The van der Waals surface area contributed by atoms with Gasteiger partial charge in [0.2, 0.25) is 11.0 Å². The molecule has 3 rings (SSSR count). The van der Waals surface area contributed by atoms with Crippen molar-refractivity contribution in [3.8, 4) is 11.5 Å². The van der Waals surface area contributed by atoms with E-state index in [0.29, 0.717) is 10.8 Å². The zero-order valence-corrected chi connectivity index (χ0v) is 16.9. The fourth-order valence-corrected chi connectivity index (χ4v) is 4.20. The van der Waals surface area contributed by atoms with Gasteiger partial charge in [-0.2, -0.15) is 8.42 Å². The molecule has 0 radical (unpaired) electrons. The minimum Gasteiger partial charge on any atom is -0.455 e. The molecule has 0 fully saturated rings. The molecule has 1 amide bonds. The topological polar surface area (TPSA) is 110 Å². The lowest BCUT2D eigenvalue weighted by Crippen LogP contribution is -2.13. The van der Waals surface area contributed by atoms with E-state index in [4.69, 9.17) is 16.3 Å². The van der Waals surface area contributed by atoms with Gasteiger partial charge >= 0.3 is 0 Å². The molecule has 0 spiro atoms. The van der Waals surface area contributed by atoms with Crippen molar-refractivity contribution in [1.29, 1.82) is 0 Å². The fraction of sp³-hybridized carbons (Fsp3) is 0.118. The summed E-state index contributed by atoms with van der Waals surface area (Å²) in [6.45, 7) is 1.67. The van der Waals surface area contributed by atoms with E-state index in [0.717, 1.165) is 11.3 Å². The zero-order chi connectivity index (χ0) is 20.1. The highest BCUT2D eigenvalue weighted by molar-refractivity contribution is 7.94. The molecule has 0 atom stereocenters. The molecule has 0 aliphatic rings. The minimum atomic E-state index is -4.06. The maximum atomic E-state index is 12.7. The molecule has 11 heteroatoms. The van der Waals surface area contributed by atoms with Gasteiger partial charge in [0.1, 0.15) is 5.75 Å². The van der Waals surface area contributed by atoms with Gasteiger partial charge in [-0.15, -0.1) is 10.2 Å². The van der Waals surface area contributed by atoms with Crippen LogP contribution in [0.15, 0.2) is 52.9 Å². The summed E-state index contributed by atoms with van der Waals surface area (Å²) in [6.07, 6.45) is 0.239. The Bertz CT molecular complexity index is 1090. The van der Waals surface area contributed by atoms with Gasteiger partial charge in [-0.1, -0.05) is 48.1 Å². The van der Waals surface area contributed by atoms with Gasteiger partial charge in [-0.25, -0.2) is 0 Å². The number of amides is 1. The molecule has 28 heavy (non-hydrogen) atoms. The molecule has 0 saturated heterocycles. The molecule has 0 saturated carbocycles. The molecule has 146 valence electrons. The van der Waals surface area contributed by atoms with Crippen LogP contribution in [0.25, 0.3) is 0 Å². The number of carbonyl (C=O) groups excluding carboxylic acids is 1. The van der Waals surface area contributed by atoms with Gasteiger partial charge in [0.25, 0.3) is 14.4 Å². The largest absolute Gasteiger partial charge is 0.455 e. The first kappa shape index (κ1) is 20.1. The van der Waals surface area contributed by atoms with Crippen LogP contribution in [0.3, 0.4) is 0 Å². The number of benzene rings is 2. The van der Waals surface area contributed by atoms with Crippen LogP contribution in [0, 0.1) is 0 Å². The van der Waals surface area contributed by atoms with Crippen molar-refractivity contribution in [2.45, 2.75) is 17.7 Å². The molecule has 3 aromatic rings. The Morgan fingerprint density at radius 1 is 1.18 bits per heavy atom. The van der Waals surface area contributed by atoms with Crippen LogP contribution in [0.4, 0.5) is 10.8 Å². The highest BCUT2D eigenvalue weighted by Gasteiger charge is 2.23. The molecule has 0 bridgehead atoms. The summed E-state index contributed by atoms with van der Waals surface area (Å²) >= 11 is 6.75. The lowest BCUT2D eigenvalue weighted by Gasteiger charge is -2.12. The second kappa shape index (κ2) is 8.55. The average molecular weight is 439 g/mol. The number of rotatable bonds is 7. The molecular weight excluding hydrogens is 424 g/mol. The lowest BCUT2D eigenvalue weighted by atomic mass is 10.3. The zero-order valence-electron chi connectivity index (χ0n) is 14.5. The van der Waals surface area contributed by atoms with Crippen LogP contribution >= 0.6 is 22.9 Å². The van der Waals surface area contributed by atoms with Crippen molar-refractivity contribution in [2.75, 3.05) is 10.0 Å². The van der Waals surface area contributed by atoms with Crippen LogP contribution in [0.2, 0.25) is 5.02 Å². The maximum absolute atomic E-state index is 12.7. The number of hydrogen-bond donors (Lipinski definition) is 2. The van der Waals surface area contributed by atoms with Crippen LogP contribution in [-0.2, 0) is 14.8 Å². The van der Waals surface area contributed by atoms with Gasteiger partial charge in [0, 0.05) is 11.4 Å². The summed E-state index contributed by atoms with van der Waals surface area (Å²) in [5.74, 6) is 0.510. The number of anilines is 2. The van der Waals surface area contributed by atoms with Crippen molar-refractivity contribution in [2.24, 2.45) is 0 Å². The van der Waals surface area contributed by atoms with E-state index >= 15 is 0 Å². The van der Waals surface area contributed by atoms with E-state index in [1.54, 1.807) is 43.3 Å². The monoisotopic (exact) mass is 438 g/mol. The molecule has 0 unspecified atom stereocenters. The number of halogens is 1. The van der Waals surface area contributed by atoms with E-state index in [2.05, 4.69) is 20.2 Å². The van der Waals surface area contributed by atoms with Crippen LogP contribution in [0.1, 0.15) is 13.3 Å². The van der Waals surface area contributed by atoms with E-state index in [1.165, 1.54) is 6.07 Å². The third kappa shape index (κ3) is 4.97. The van der Waals surface area contributed by atoms with Crippen molar-refractivity contribution in [1.82, 2.24) is 10.2 Å². The Morgan fingerprint density at radius 2 is 1.93 bits per heavy atom. The van der Waals surface area contributed by atoms with Crippen molar-refractivity contribution in [3.63, 3.8) is 0 Å². The number of nitrogens with one attached hydrogen (secondary N) is 2. The Hall–Kier alpha value is -2.69. The van der Waals surface area contributed by atoms with E-state index in [1.807, 2.05) is 6.07 Å². The highest BCUT2D eigenvalue weighted by Crippen LogP contribution is 2.34. The summed E-state index contributed by atoms with van der Waals surface area (Å²) < 4.78 is 33.2. The van der Waals surface area contributed by atoms with Gasteiger partial charge in [0.05, 0.1) is 5.69 Å². The molecule has 1 aromatic heterocycles. The summed E-state index contributed by atoms with van der Waals surface area (Å²) in [4.78, 5) is 11.4. The third-order valence-corrected chi connectivity index (χ3v) is 6.17. The minimum absolute atomic E-state index is 0.0964. The smallest absolute Gasteiger partial charge is 0.291 e. The van der Waals surface area contributed by atoms with Crippen LogP contribution in [0.5, 0.6) is 11.5 Å². The molecule has 8 nitrogen and oxygen atoms in total. The first-order chi connectivity index (χ1) is 13.4. The first-order valence-electron chi connectivity index (χ1n) is 8.06. The Kier molecular flexibility index (Phi) is 6.12. The summed E-state index contributed by atoms with van der Waals surface area (Å²) in [7, 11) is -4.06. The van der Waals surface area contributed by atoms with Gasteiger partial charge in [-0.3, -0.25) is 9.52 Å². The van der Waals surface area contributed by atoms with E-state index in [-0.39, 0.29) is 33.2 Å². The Morgan fingerprint density at radius 3 is 2.64 bits per heavy atom. The summed E-state index contributed by atoms with van der Waals surface area (Å²) in [5, 5.41) is 10.2. The SMILES string of the molecule is CCC(=O)Nc1nnc(S(=O)(=O)Nc2cc(Cl)ccc2Oc2ccccc2)s1. The third-order valence-electron chi connectivity index (χ3n) is 3.36. The molecule has 2 N–H and O–H groups in total. The molecule has 1 heterocycles. The standard InChI is InChI=1S/C17H15ClN4O4S2/c1-2-15(23)19-16-20-21-17(27-16)28(24,25)22-13-10-11(18)8-9-14(13)26-12-6-4-3-5-7-12/h3-10,22H,2H2,1H3,(H,19,20,23). The maximum Gasteiger partial charge on any atom is 0.291 e. The van der Waals surface area contributed by atoms with Crippen LogP contribution < -0.4 is 14.8 Å². The second-order valence-electron chi connectivity index (χ2n) is 5.44. The number of aromatic nitrogens is 2. The first-order valence-corrected chi connectivity index (χ1v) is 10.7. The number of ether oxygens (including phenoxy) is 1. The number of nitrogens with zero attached hydrogens (tertiary/aromatic N) is 2. The molecule has 0 aliphatic carbocycles. The number of sulfonamides is 1. The predicted octanol–water partition coefficient (Wildman–Crippen LogP) is 4.13. The summed E-state index contributed by atoms with van der Waals surface area (Å²) in [6, 6.07) is 13.5. The second-order valence-corrected chi connectivity index (χ2v) is 8.71. The number of hydrogen-bond acceptors (Lipinski definition) is 7. The van der Waals surface area contributed by atoms with Crippen molar-refractivity contribution in [3.05, 3.63) is 53.6 Å². The van der Waals surface area contributed by atoms with Gasteiger partial charge < -0.3 is 10.1 Å². The average Bonchev–Trinajstić information content (AvgIpc) is 3.14. The molecule has 2 aromatic carbocycles. The molecular formula is C17H15ClN4O4S2. The highest BCUT2D eigenvalue weighted by atomic mass is 35.5. The van der Waals surface area contributed by atoms with Crippen LogP contribution in [-0.4, -0.2) is 24.5 Å². The molecule has 0 aliphatic heterocycles. The van der Waals surface area contributed by atoms with Gasteiger partial charge in [0.15, 0.2) is 5.75 Å². The van der Waals surface area contributed by atoms with Crippen molar-refractivity contribution >= 4 is 49.7 Å². The Balaban J connectivity index is 1.86. The van der Waals surface area contributed by atoms with E-state index < -0.39 is 10.0 Å². The summed E-state index contributed by atoms with van der Waals surface area (Å²) in [5.41, 5.74) is 0.144. The lowest BCUT2D eigenvalue weighted by molar-refractivity contribution is -0.115. The fourth-order valence-electron chi connectivity index (χ4n) is 2.05. The predicted molar refractivity (Wildman–Crippen MR) is 108 cm³/mol. The quantitative estimate of drug-likeness (QED) is 0.536. The van der Waals surface area contributed by atoms with E-state index in [9.17, 15) is 13.2 Å².